The molecule has 0 fully saturated rings. The number of methoxy groups -OCH3 is 1. The number of hydrogen-bond donors (Lipinski definition) is 0. The van der Waals surface area contributed by atoms with Crippen molar-refractivity contribution in [1.29, 1.82) is 0 Å². The Morgan fingerprint density at radius 3 is 2.57 bits per heavy atom. The van der Waals surface area contributed by atoms with Gasteiger partial charge in [0, 0.05) is 21.9 Å². The number of hydrogen-bond acceptors (Lipinski definition) is 5. The number of carbonyl (C=O) groups excluding carboxylic acids is 1. The molecule has 0 saturated heterocycles. The number of nitro benzene ring substituents is 1. The van der Waals surface area contributed by atoms with Gasteiger partial charge in [0.25, 0.3) is 5.69 Å². The van der Waals surface area contributed by atoms with Crippen molar-refractivity contribution < 1.29 is 14.5 Å². The lowest BCUT2D eigenvalue weighted by molar-refractivity contribution is -0.384. The Labute approximate surface area is 130 Å². The van der Waals surface area contributed by atoms with Crippen molar-refractivity contribution >= 4 is 35.0 Å². The van der Waals surface area contributed by atoms with Crippen LogP contribution in [0.25, 0.3) is 0 Å². The molecule has 7 heteroatoms. The molecule has 0 N–H and O–H groups in total. The molecule has 0 spiro atoms. The molecule has 0 aliphatic carbocycles. The smallest absolute Gasteiger partial charge is 0.339 e. The molecule has 0 unspecified atom stereocenters. The highest BCUT2D eigenvalue weighted by atomic mass is 35.5. The van der Waals surface area contributed by atoms with Crippen LogP contribution in [0, 0.1) is 10.1 Å². The molecule has 0 bridgehead atoms. The first kappa shape index (κ1) is 15.3. The summed E-state index contributed by atoms with van der Waals surface area (Å²) in [5.74, 6) is -0.448. The first-order valence-corrected chi connectivity index (χ1v) is 7.01. The van der Waals surface area contributed by atoms with Crippen molar-refractivity contribution in [2.24, 2.45) is 0 Å². The third kappa shape index (κ3) is 3.53. The maximum atomic E-state index is 11.7. The van der Waals surface area contributed by atoms with Gasteiger partial charge in [-0.05, 0) is 18.2 Å². The average molecular weight is 324 g/mol. The molecule has 0 atom stereocenters. The van der Waals surface area contributed by atoms with Crippen LogP contribution >= 0.6 is 23.4 Å². The lowest BCUT2D eigenvalue weighted by Gasteiger charge is -2.08. The maximum absolute atomic E-state index is 11.7. The molecular weight excluding hydrogens is 314 g/mol. The van der Waals surface area contributed by atoms with Gasteiger partial charge in [0.05, 0.1) is 22.6 Å². The molecule has 2 rings (SSSR count). The summed E-state index contributed by atoms with van der Waals surface area (Å²) in [5.41, 5.74) is 0.338. The number of carbonyl (C=O) groups is 1. The number of rotatable bonds is 4. The minimum Gasteiger partial charge on any atom is -0.465 e. The fraction of sp³-hybridized carbons (Fsp3) is 0.0714. The summed E-state index contributed by atoms with van der Waals surface area (Å²) in [6, 6.07) is 11.1. The topological polar surface area (TPSA) is 69.4 Å². The Morgan fingerprint density at radius 1 is 1.24 bits per heavy atom. The van der Waals surface area contributed by atoms with Crippen molar-refractivity contribution in [3.63, 3.8) is 0 Å². The Morgan fingerprint density at radius 2 is 1.95 bits per heavy atom. The molecular formula is C14H10ClNO4S. The van der Waals surface area contributed by atoms with E-state index < -0.39 is 10.9 Å². The molecule has 0 aliphatic rings. The fourth-order valence-corrected chi connectivity index (χ4v) is 2.87. The van der Waals surface area contributed by atoms with Crippen LogP contribution in [0.2, 0.25) is 5.02 Å². The standard InChI is InChI=1S/C14H10ClNO4S/c1-20-14(17)10-4-2-3-5-12(10)21-13-7-6-9(16(18)19)8-11(13)15/h2-8H,1H3. The predicted molar refractivity (Wildman–Crippen MR) is 80.0 cm³/mol. The van der Waals surface area contributed by atoms with E-state index in [4.69, 9.17) is 16.3 Å². The number of nitrogens with zero attached hydrogens (tertiary/aromatic N) is 1. The van der Waals surface area contributed by atoms with Gasteiger partial charge in [-0.2, -0.15) is 0 Å². The first-order valence-electron chi connectivity index (χ1n) is 5.82. The van der Waals surface area contributed by atoms with E-state index in [0.717, 1.165) is 0 Å². The van der Waals surface area contributed by atoms with Gasteiger partial charge in [-0.3, -0.25) is 10.1 Å². The fourth-order valence-electron chi connectivity index (χ4n) is 1.64. The van der Waals surface area contributed by atoms with Gasteiger partial charge in [-0.25, -0.2) is 4.79 Å². The quantitative estimate of drug-likeness (QED) is 0.479. The van der Waals surface area contributed by atoms with Crippen LogP contribution in [0.15, 0.2) is 52.3 Å². The van der Waals surface area contributed by atoms with E-state index in [-0.39, 0.29) is 10.7 Å². The molecule has 0 aliphatic heterocycles. The zero-order valence-corrected chi connectivity index (χ0v) is 12.5. The number of ether oxygens (including phenoxy) is 1. The summed E-state index contributed by atoms with van der Waals surface area (Å²) >= 11 is 7.30. The first-order chi connectivity index (χ1) is 10.0. The van der Waals surface area contributed by atoms with E-state index in [1.54, 1.807) is 30.3 Å². The summed E-state index contributed by atoms with van der Waals surface area (Å²) in [6.45, 7) is 0. The van der Waals surface area contributed by atoms with Crippen molar-refractivity contribution in [2.75, 3.05) is 7.11 Å². The highest BCUT2D eigenvalue weighted by Gasteiger charge is 2.15. The lowest BCUT2D eigenvalue weighted by atomic mass is 10.2. The van der Waals surface area contributed by atoms with Crippen LogP contribution in [-0.2, 0) is 4.74 Å². The zero-order chi connectivity index (χ0) is 15.4. The molecule has 0 radical (unpaired) electrons. The van der Waals surface area contributed by atoms with Crippen molar-refractivity contribution in [1.82, 2.24) is 0 Å². The van der Waals surface area contributed by atoms with Crippen LogP contribution < -0.4 is 0 Å². The van der Waals surface area contributed by atoms with Gasteiger partial charge in [0.15, 0.2) is 0 Å². The molecule has 5 nitrogen and oxygen atoms in total. The molecule has 0 saturated carbocycles. The van der Waals surface area contributed by atoms with Gasteiger partial charge >= 0.3 is 5.97 Å². The number of halogens is 1. The number of non-ortho nitro benzene ring substituents is 1. The molecule has 21 heavy (non-hydrogen) atoms. The Hall–Kier alpha value is -2.05. The Balaban J connectivity index is 2.35. The Bertz CT molecular complexity index is 705. The van der Waals surface area contributed by atoms with Crippen LogP contribution in [0.4, 0.5) is 5.69 Å². The van der Waals surface area contributed by atoms with Gasteiger partial charge in [0.1, 0.15) is 0 Å². The van der Waals surface area contributed by atoms with E-state index in [1.165, 1.54) is 31.0 Å². The predicted octanol–water partition coefficient (Wildman–Crippen LogP) is 4.19. The van der Waals surface area contributed by atoms with E-state index >= 15 is 0 Å². The minimum absolute atomic E-state index is 0.0781. The highest BCUT2D eigenvalue weighted by Crippen LogP contribution is 2.36. The average Bonchev–Trinajstić information content (AvgIpc) is 2.49. The van der Waals surface area contributed by atoms with Crippen LogP contribution in [-0.4, -0.2) is 18.0 Å². The second-order valence-corrected chi connectivity index (χ2v) is 5.45. The minimum atomic E-state index is -0.511. The largest absolute Gasteiger partial charge is 0.465 e. The Kier molecular flexibility index (Phi) is 4.82. The van der Waals surface area contributed by atoms with Crippen LogP contribution in [0.3, 0.4) is 0 Å². The number of benzene rings is 2. The SMILES string of the molecule is COC(=O)c1ccccc1Sc1ccc([N+](=O)[O-])cc1Cl. The van der Waals surface area contributed by atoms with Crippen molar-refractivity contribution in [2.45, 2.75) is 9.79 Å². The van der Waals surface area contributed by atoms with E-state index in [0.29, 0.717) is 15.4 Å². The van der Waals surface area contributed by atoms with Crippen molar-refractivity contribution in [3.05, 3.63) is 63.2 Å². The maximum Gasteiger partial charge on any atom is 0.339 e. The van der Waals surface area contributed by atoms with Gasteiger partial charge in [-0.1, -0.05) is 35.5 Å². The van der Waals surface area contributed by atoms with Gasteiger partial charge < -0.3 is 4.74 Å². The summed E-state index contributed by atoms with van der Waals surface area (Å²) in [6.07, 6.45) is 0. The number of esters is 1. The third-order valence-electron chi connectivity index (χ3n) is 2.64. The molecule has 2 aromatic carbocycles. The molecule has 0 aromatic heterocycles. The summed E-state index contributed by atoms with van der Waals surface area (Å²) in [7, 11) is 1.31. The normalized spacial score (nSPS) is 10.2. The van der Waals surface area contributed by atoms with Crippen molar-refractivity contribution in [3.8, 4) is 0 Å². The van der Waals surface area contributed by atoms with E-state index in [9.17, 15) is 14.9 Å². The second-order valence-electron chi connectivity index (χ2n) is 3.96. The van der Waals surface area contributed by atoms with E-state index in [2.05, 4.69) is 0 Å². The molecule has 0 heterocycles. The summed E-state index contributed by atoms with van der Waals surface area (Å²) < 4.78 is 4.72. The van der Waals surface area contributed by atoms with E-state index in [1.807, 2.05) is 0 Å². The number of nitro groups is 1. The summed E-state index contributed by atoms with van der Waals surface area (Å²) in [5, 5.41) is 10.9. The second kappa shape index (κ2) is 6.60. The monoisotopic (exact) mass is 323 g/mol. The molecule has 0 amide bonds. The summed E-state index contributed by atoms with van der Waals surface area (Å²) in [4.78, 5) is 23.2. The van der Waals surface area contributed by atoms with Gasteiger partial charge in [0.2, 0.25) is 0 Å². The molecule has 108 valence electrons. The van der Waals surface area contributed by atoms with Crippen LogP contribution in [0.1, 0.15) is 10.4 Å². The molecule has 2 aromatic rings. The van der Waals surface area contributed by atoms with Crippen LogP contribution in [0.5, 0.6) is 0 Å². The van der Waals surface area contributed by atoms with Gasteiger partial charge in [-0.15, -0.1) is 0 Å². The lowest BCUT2D eigenvalue weighted by Crippen LogP contribution is -2.02. The highest BCUT2D eigenvalue weighted by molar-refractivity contribution is 7.99. The third-order valence-corrected chi connectivity index (χ3v) is 4.22. The zero-order valence-electron chi connectivity index (χ0n) is 10.9.